The zero-order valence-corrected chi connectivity index (χ0v) is 36.6. The molecule has 0 aliphatic heterocycles. The summed E-state index contributed by atoms with van der Waals surface area (Å²) in [7, 11) is 0. The highest BCUT2D eigenvalue weighted by Gasteiger charge is 2.46. The Morgan fingerprint density at radius 2 is 0.831 bits per heavy atom. The first-order chi connectivity index (χ1) is 28.2. The molecule has 6 aromatic carbocycles. The second-order valence-electron chi connectivity index (χ2n) is 18.9. The van der Waals surface area contributed by atoms with E-state index in [0.29, 0.717) is 17.5 Å². The molecule has 1 aliphatic carbocycles. The van der Waals surface area contributed by atoms with Crippen LogP contribution in [0.15, 0.2) is 133 Å². The molecular weight excluding hydrogens is 715 g/mol. The van der Waals surface area contributed by atoms with Crippen LogP contribution in [0.3, 0.4) is 0 Å². The molecule has 59 heavy (non-hydrogen) atoms. The lowest BCUT2D eigenvalue weighted by Gasteiger charge is -2.34. The lowest BCUT2D eigenvalue weighted by Crippen LogP contribution is -2.28. The molecule has 0 saturated heterocycles. The number of aromatic nitrogens is 3. The minimum Gasteiger partial charge on any atom is -0.208 e. The third-order valence-corrected chi connectivity index (χ3v) is 12.4. The van der Waals surface area contributed by atoms with Crippen molar-refractivity contribution < 1.29 is 0 Å². The molecule has 0 spiro atoms. The van der Waals surface area contributed by atoms with Crippen LogP contribution in [0.4, 0.5) is 0 Å². The summed E-state index contributed by atoms with van der Waals surface area (Å²) < 4.78 is 0. The van der Waals surface area contributed by atoms with Crippen LogP contribution >= 0.6 is 0 Å². The maximum absolute atomic E-state index is 5.17. The van der Waals surface area contributed by atoms with Gasteiger partial charge in [0, 0.05) is 16.7 Å². The molecule has 0 amide bonds. The fourth-order valence-electron chi connectivity index (χ4n) is 8.89. The van der Waals surface area contributed by atoms with Crippen molar-refractivity contribution in [3.8, 4) is 45.3 Å². The summed E-state index contributed by atoms with van der Waals surface area (Å²) in [5, 5.41) is 0. The maximum Gasteiger partial charge on any atom is 0.164 e. The van der Waals surface area contributed by atoms with Gasteiger partial charge in [0.1, 0.15) is 0 Å². The molecule has 0 bridgehead atoms. The van der Waals surface area contributed by atoms with E-state index in [9.17, 15) is 0 Å². The van der Waals surface area contributed by atoms with Gasteiger partial charge in [-0.05, 0) is 87.6 Å². The van der Waals surface area contributed by atoms with Crippen LogP contribution in [0, 0.1) is 13.8 Å². The predicted molar refractivity (Wildman–Crippen MR) is 248 cm³/mol. The molecule has 1 aromatic heterocycles. The summed E-state index contributed by atoms with van der Waals surface area (Å²) in [6.07, 6.45) is 6.18. The normalized spacial score (nSPS) is 13.3. The van der Waals surface area contributed by atoms with Crippen molar-refractivity contribution in [3.63, 3.8) is 0 Å². The predicted octanol–water partition coefficient (Wildman–Crippen LogP) is 14.6. The van der Waals surface area contributed by atoms with Crippen LogP contribution in [0.2, 0.25) is 0 Å². The average Bonchev–Trinajstić information content (AvgIpc) is 3.51. The maximum atomic E-state index is 5.17. The molecule has 3 nitrogen and oxygen atoms in total. The van der Waals surface area contributed by atoms with E-state index >= 15 is 0 Å². The Balaban J connectivity index is 1.27. The van der Waals surface area contributed by atoms with Gasteiger partial charge in [-0.15, -0.1) is 0 Å². The van der Waals surface area contributed by atoms with Crippen molar-refractivity contribution in [2.24, 2.45) is 0 Å². The van der Waals surface area contributed by atoms with E-state index in [-0.39, 0.29) is 10.8 Å². The minimum atomic E-state index is -0.485. The third-order valence-electron chi connectivity index (χ3n) is 12.4. The van der Waals surface area contributed by atoms with Gasteiger partial charge >= 0.3 is 0 Å². The quantitative estimate of drug-likeness (QED) is 0.130. The molecule has 0 N–H and O–H groups in total. The van der Waals surface area contributed by atoms with Gasteiger partial charge in [0.15, 0.2) is 17.5 Å². The molecule has 3 heteroatoms. The van der Waals surface area contributed by atoms with Crippen LogP contribution in [-0.2, 0) is 22.7 Å². The third kappa shape index (κ3) is 7.80. The summed E-state index contributed by atoms with van der Waals surface area (Å²) in [6, 6.07) is 50.0. The molecule has 0 unspecified atom stereocenters. The van der Waals surface area contributed by atoms with Crippen LogP contribution in [-0.4, -0.2) is 15.0 Å². The summed E-state index contributed by atoms with van der Waals surface area (Å²) in [5.74, 6) is 2.01. The first-order valence-electron chi connectivity index (χ1n) is 21.7. The second kappa shape index (κ2) is 15.8. The fourth-order valence-corrected chi connectivity index (χ4v) is 8.89. The van der Waals surface area contributed by atoms with Crippen molar-refractivity contribution in [2.75, 3.05) is 0 Å². The largest absolute Gasteiger partial charge is 0.208 e. The molecule has 0 fully saturated rings. The number of hydrogen-bond donors (Lipinski definition) is 0. The first kappa shape index (κ1) is 40.1. The van der Waals surface area contributed by atoms with Gasteiger partial charge < -0.3 is 0 Å². The summed E-state index contributed by atoms with van der Waals surface area (Å²) in [4.78, 5) is 15.4. The van der Waals surface area contributed by atoms with Crippen molar-refractivity contribution in [1.82, 2.24) is 15.0 Å². The monoisotopic (exact) mass is 773 g/mol. The van der Waals surface area contributed by atoms with E-state index in [1.54, 1.807) is 0 Å². The van der Waals surface area contributed by atoms with Gasteiger partial charge in [-0.1, -0.05) is 212 Å². The van der Waals surface area contributed by atoms with Gasteiger partial charge in [-0.3, -0.25) is 0 Å². The average molecular weight is 774 g/mol. The molecular formula is C56H59N3. The Bertz CT molecular complexity index is 2450. The van der Waals surface area contributed by atoms with Crippen LogP contribution in [0.25, 0.3) is 45.3 Å². The Kier molecular flexibility index (Phi) is 10.8. The number of aryl methyl sites for hydroxylation is 3. The van der Waals surface area contributed by atoms with Crippen LogP contribution < -0.4 is 0 Å². The Morgan fingerprint density at radius 1 is 0.441 bits per heavy atom. The zero-order valence-electron chi connectivity index (χ0n) is 36.6. The number of nitrogens with zero attached hydrogens (tertiary/aromatic N) is 3. The van der Waals surface area contributed by atoms with E-state index in [0.717, 1.165) is 23.1 Å². The first-order valence-corrected chi connectivity index (χ1v) is 21.7. The van der Waals surface area contributed by atoms with E-state index in [1.165, 1.54) is 86.9 Å². The lowest BCUT2D eigenvalue weighted by atomic mass is 9.67. The van der Waals surface area contributed by atoms with Crippen LogP contribution in [0.5, 0.6) is 0 Å². The number of hydrogen-bond acceptors (Lipinski definition) is 3. The van der Waals surface area contributed by atoms with Crippen molar-refractivity contribution in [2.45, 2.75) is 111 Å². The molecule has 8 rings (SSSR count). The summed E-state index contributed by atoms with van der Waals surface area (Å²) in [5.41, 5.74) is 16.8. The number of fused-ring (bicyclic) bond motifs is 3. The topological polar surface area (TPSA) is 38.7 Å². The number of rotatable bonds is 10. The highest BCUT2D eigenvalue weighted by molar-refractivity contribution is 5.87. The van der Waals surface area contributed by atoms with E-state index in [4.69, 9.17) is 15.0 Å². The minimum absolute atomic E-state index is 0.0515. The van der Waals surface area contributed by atoms with Gasteiger partial charge in [0.2, 0.25) is 0 Å². The van der Waals surface area contributed by atoms with Crippen molar-refractivity contribution in [1.29, 1.82) is 0 Å². The standard InChI is InChI=1S/C56H59N3/c1-10-11-12-13-14-39-17-25-45(26-18-39)56(49-35-37(2)15-33-47(49)48-34-16-38(3)36-50(48)56)46-31-23-42(24-32-46)53-58-51(40-19-27-43(28-20-40)54(4,5)6)57-52(59-53)41-21-29-44(30-22-41)55(7,8)9/h15-36H,10-14H2,1-9H3. The van der Waals surface area contributed by atoms with E-state index in [1.807, 2.05) is 0 Å². The Hall–Kier alpha value is -5.67. The van der Waals surface area contributed by atoms with Gasteiger partial charge in [-0.2, -0.15) is 0 Å². The van der Waals surface area contributed by atoms with Gasteiger partial charge in [0.25, 0.3) is 0 Å². The zero-order chi connectivity index (χ0) is 41.5. The van der Waals surface area contributed by atoms with Crippen molar-refractivity contribution >= 4 is 0 Å². The highest BCUT2D eigenvalue weighted by Crippen LogP contribution is 2.56. The van der Waals surface area contributed by atoms with Crippen molar-refractivity contribution in [3.05, 3.63) is 184 Å². The summed E-state index contributed by atoms with van der Waals surface area (Å²) >= 11 is 0. The number of unbranched alkanes of at least 4 members (excludes halogenated alkanes) is 3. The molecule has 298 valence electrons. The molecule has 1 heterocycles. The van der Waals surface area contributed by atoms with Gasteiger partial charge in [0.05, 0.1) is 5.41 Å². The lowest BCUT2D eigenvalue weighted by molar-refractivity contribution is 0.590. The van der Waals surface area contributed by atoms with Gasteiger partial charge in [-0.25, -0.2) is 15.0 Å². The van der Waals surface area contributed by atoms with Crippen LogP contribution in [0.1, 0.15) is 124 Å². The van der Waals surface area contributed by atoms with E-state index < -0.39 is 5.41 Å². The highest BCUT2D eigenvalue weighted by atomic mass is 15.0. The fraction of sp³-hybridized carbons (Fsp3) is 0.304. The second-order valence-corrected chi connectivity index (χ2v) is 18.9. The Labute approximate surface area is 353 Å². The molecule has 0 saturated carbocycles. The van der Waals surface area contributed by atoms with E-state index in [2.05, 4.69) is 196 Å². The molecule has 0 radical (unpaired) electrons. The number of benzene rings is 6. The molecule has 0 atom stereocenters. The molecule has 1 aliphatic rings. The smallest absolute Gasteiger partial charge is 0.164 e. The summed E-state index contributed by atoms with van der Waals surface area (Å²) in [6.45, 7) is 20.2. The molecule has 7 aromatic rings. The SMILES string of the molecule is CCCCCCc1ccc(C2(c3ccc(-c4nc(-c5ccc(C(C)(C)C)cc5)nc(-c5ccc(C(C)(C)C)cc5)n4)cc3)c3cc(C)ccc3-c3ccc(C)cc32)cc1. The Morgan fingerprint density at radius 3 is 1.22 bits per heavy atom.